The largest absolute Gasteiger partial charge is 0.409 e. The molecule has 0 atom stereocenters. The molecule has 18 heavy (non-hydrogen) atoms. The first kappa shape index (κ1) is 14.6. The van der Waals surface area contributed by atoms with Crippen LogP contribution in [0.3, 0.4) is 0 Å². The minimum absolute atomic E-state index is 0.0649. The van der Waals surface area contributed by atoms with Crippen molar-refractivity contribution in [1.29, 1.82) is 0 Å². The minimum atomic E-state index is 0.0649. The van der Waals surface area contributed by atoms with E-state index in [0.717, 1.165) is 18.7 Å². The predicted molar refractivity (Wildman–Crippen MR) is 76.7 cm³/mol. The summed E-state index contributed by atoms with van der Waals surface area (Å²) in [5.74, 6) is 0.0649. The van der Waals surface area contributed by atoms with Gasteiger partial charge < -0.3 is 15.8 Å². The van der Waals surface area contributed by atoms with E-state index >= 15 is 0 Å². The number of anilines is 1. The molecule has 0 fully saturated rings. The molecule has 0 bridgehead atoms. The van der Waals surface area contributed by atoms with Crippen molar-refractivity contribution in [2.45, 2.75) is 33.2 Å². The summed E-state index contributed by atoms with van der Waals surface area (Å²) in [6.45, 7) is 7.33. The Morgan fingerprint density at radius 2 is 2.17 bits per heavy atom. The second-order valence-electron chi connectivity index (χ2n) is 4.44. The number of nitrogens with zero attached hydrogens (tertiary/aromatic N) is 2. The van der Waals surface area contributed by atoms with Gasteiger partial charge in [0.2, 0.25) is 0 Å². The molecule has 1 aromatic rings. The Morgan fingerprint density at radius 3 is 2.61 bits per heavy atom. The van der Waals surface area contributed by atoms with Crippen LogP contribution in [0.4, 0.5) is 5.69 Å². The second kappa shape index (κ2) is 6.50. The van der Waals surface area contributed by atoms with Crippen LogP contribution in [0, 0.1) is 0 Å². The molecule has 1 aromatic carbocycles. The number of hydrogen-bond donors (Lipinski definition) is 2. The molecule has 0 spiro atoms. The van der Waals surface area contributed by atoms with Crippen LogP contribution in [0.25, 0.3) is 0 Å². The number of rotatable bonds is 5. The lowest BCUT2D eigenvalue weighted by Gasteiger charge is -2.29. The Morgan fingerprint density at radius 1 is 1.50 bits per heavy atom. The Bertz CT molecular complexity index is 432. The summed E-state index contributed by atoms with van der Waals surface area (Å²) in [5, 5.41) is 12.2. The summed E-state index contributed by atoms with van der Waals surface area (Å²) in [7, 11) is 0. The third-order valence-corrected chi connectivity index (χ3v) is 3.05. The lowest BCUT2D eigenvalue weighted by molar-refractivity contribution is 0.318. The van der Waals surface area contributed by atoms with Crippen molar-refractivity contribution in [2.24, 2.45) is 10.9 Å². The maximum Gasteiger partial charge on any atom is 0.170 e. The molecular formula is C13H20ClN3O. The zero-order valence-corrected chi connectivity index (χ0v) is 11.8. The van der Waals surface area contributed by atoms with Gasteiger partial charge in [-0.3, -0.25) is 0 Å². The smallest absolute Gasteiger partial charge is 0.170 e. The Hall–Kier alpha value is -1.42. The summed E-state index contributed by atoms with van der Waals surface area (Å²) in [5.41, 5.74) is 7.13. The minimum Gasteiger partial charge on any atom is -0.409 e. The molecule has 0 aliphatic rings. The molecule has 3 N–H and O–H groups in total. The van der Waals surface area contributed by atoms with Gasteiger partial charge in [-0.2, -0.15) is 0 Å². The molecule has 0 radical (unpaired) electrons. The van der Waals surface area contributed by atoms with E-state index in [4.69, 9.17) is 22.5 Å². The average Bonchev–Trinajstić information content (AvgIpc) is 2.35. The highest BCUT2D eigenvalue weighted by Crippen LogP contribution is 2.28. The van der Waals surface area contributed by atoms with E-state index in [2.05, 4.69) is 30.8 Å². The second-order valence-corrected chi connectivity index (χ2v) is 4.85. The predicted octanol–water partition coefficient (Wildman–Crippen LogP) is 3.06. The molecular weight excluding hydrogens is 250 g/mol. The van der Waals surface area contributed by atoms with Gasteiger partial charge in [-0.1, -0.05) is 23.7 Å². The van der Waals surface area contributed by atoms with Gasteiger partial charge in [-0.05, 0) is 38.5 Å². The molecule has 0 saturated carbocycles. The van der Waals surface area contributed by atoms with E-state index in [1.165, 1.54) is 0 Å². The molecule has 0 saturated heterocycles. The Kier molecular flexibility index (Phi) is 5.28. The fourth-order valence-corrected chi connectivity index (χ4v) is 2.14. The molecule has 0 aliphatic carbocycles. The molecule has 0 aliphatic heterocycles. The van der Waals surface area contributed by atoms with Gasteiger partial charge in [-0.25, -0.2) is 0 Å². The number of hydrogen-bond acceptors (Lipinski definition) is 3. The number of benzene rings is 1. The fraction of sp³-hybridized carbons (Fsp3) is 0.462. The van der Waals surface area contributed by atoms with E-state index in [9.17, 15) is 0 Å². The zero-order chi connectivity index (χ0) is 13.7. The van der Waals surface area contributed by atoms with Gasteiger partial charge >= 0.3 is 0 Å². The van der Waals surface area contributed by atoms with Crippen LogP contribution in [0.1, 0.15) is 32.8 Å². The average molecular weight is 270 g/mol. The zero-order valence-electron chi connectivity index (χ0n) is 11.0. The number of oxime groups is 1. The first-order chi connectivity index (χ1) is 8.51. The molecule has 0 unspecified atom stereocenters. The van der Waals surface area contributed by atoms with E-state index < -0.39 is 0 Å². The highest BCUT2D eigenvalue weighted by Gasteiger charge is 2.14. The van der Waals surface area contributed by atoms with Crippen molar-refractivity contribution >= 4 is 23.1 Å². The first-order valence-corrected chi connectivity index (χ1v) is 6.43. The van der Waals surface area contributed by atoms with Crippen molar-refractivity contribution < 1.29 is 5.21 Å². The number of amidine groups is 1. The summed E-state index contributed by atoms with van der Waals surface area (Å²) < 4.78 is 0. The van der Waals surface area contributed by atoms with Gasteiger partial charge in [-0.15, -0.1) is 0 Å². The Labute approximate surface area is 113 Å². The van der Waals surface area contributed by atoms with Gasteiger partial charge in [0.1, 0.15) is 0 Å². The van der Waals surface area contributed by atoms with Crippen molar-refractivity contribution in [3.63, 3.8) is 0 Å². The van der Waals surface area contributed by atoms with Crippen LogP contribution in [0.2, 0.25) is 5.02 Å². The van der Waals surface area contributed by atoms with Crippen LogP contribution in [-0.2, 0) is 0 Å². The summed E-state index contributed by atoms with van der Waals surface area (Å²) in [4.78, 5) is 2.23. The van der Waals surface area contributed by atoms with Crippen LogP contribution in [0.5, 0.6) is 0 Å². The van der Waals surface area contributed by atoms with Crippen molar-refractivity contribution in [3.05, 3.63) is 28.8 Å². The Balaban J connectivity index is 3.10. The van der Waals surface area contributed by atoms with Crippen molar-refractivity contribution in [1.82, 2.24) is 0 Å². The van der Waals surface area contributed by atoms with Crippen LogP contribution in [0.15, 0.2) is 23.4 Å². The molecule has 0 amide bonds. The first-order valence-electron chi connectivity index (χ1n) is 6.05. The van der Waals surface area contributed by atoms with Crippen LogP contribution >= 0.6 is 11.6 Å². The maximum absolute atomic E-state index is 8.64. The third kappa shape index (κ3) is 3.29. The van der Waals surface area contributed by atoms with Crippen molar-refractivity contribution in [3.8, 4) is 0 Å². The molecule has 100 valence electrons. The number of nitrogens with two attached hydrogens (primary N) is 1. The van der Waals surface area contributed by atoms with E-state index in [1.54, 1.807) is 12.1 Å². The van der Waals surface area contributed by atoms with Crippen molar-refractivity contribution in [2.75, 3.05) is 11.4 Å². The number of halogens is 1. The van der Waals surface area contributed by atoms with Gasteiger partial charge in [0, 0.05) is 18.2 Å². The standard InChI is InChI=1S/C13H20ClN3O/c1-4-7-17(9(2)3)12-6-5-10(8-11(12)14)13(15)16-18/h5-6,8-9,18H,4,7H2,1-3H3,(H2,15,16). The summed E-state index contributed by atoms with van der Waals surface area (Å²) >= 11 is 6.27. The topological polar surface area (TPSA) is 61.8 Å². The van der Waals surface area contributed by atoms with Crippen LogP contribution in [-0.4, -0.2) is 23.6 Å². The SMILES string of the molecule is CCCN(c1ccc(C(N)=NO)cc1Cl)C(C)C. The molecule has 4 nitrogen and oxygen atoms in total. The van der Waals surface area contributed by atoms with E-state index in [-0.39, 0.29) is 5.84 Å². The lowest BCUT2D eigenvalue weighted by atomic mass is 10.1. The summed E-state index contributed by atoms with van der Waals surface area (Å²) in [6.07, 6.45) is 1.05. The maximum atomic E-state index is 8.64. The molecule has 0 heterocycles. The third-order valence-electron chi connectivity index (χ3n) is 2.75. The highest BCUT2D eigenvalue weighted by atomic mass is 35.5. The lowest BCUT2D eigenvalue weighted by Crippen LogP contribution is -2.31. The van der Waals surface area contributed by atoms with Gasteiger partial charge in [0.25, 0.3) is 0 Å². The fourth-order valence-electron chi connectivity index (χ4n) is 1.85. The van der Waals surface area contributed by atoms with E-state index in [1.807, 2.05) is 6.07 Å². The molecule has 1 rings (SSSR count). The molecule has 5 heteroatoms. The molecule has 0 aromatic heterocycles. The van der Waals surface area contributed by atoms with Gasteiger partial charge in [0.15, 0.2) is 5.84 Å². The monoisotopic (exact) mass is 269 g/mol. The van der Waals surface area contributed by atoms with Crippen LogP contribution < -0.4 is 10.6 Å². The normalized spacial score (nSPS) is 11.9. The van der Waals surface area contributed by atoms with E-state index in [0.29, 0.717) is 16.6 Å². The quantitative estimate of drug-likeness (QED) is 0.374. The summed E-state index contributed by atoms with van der Waals surface area (Å²) in [6, 6.07) is 5.81. The highest BCUT2D eigenvalue weighted by molar-refractivity contribution is 6.33. The van der Waals surface area contributed by atoms with Gasteiger partial charge in [0.05, 0.1) is 10.7 Å².